The molecule has 6 heteroatoms. The van der Waals surface area contributed by atoms with Crippen LogP contribution in [0.5, 0.6) is 0 Å². The second-order valence-electron chi connectivity index (χ2n) is 4.65. The van der Waals surface area contributed by atoms with Crippen LogP contribution in [0, 0.1) is 0 Å². The van der Waals surface area contributed by atoms with Crippen LogP contribution >= 0.6 is 0 Å². The first-order chi connectivity index (χ1) is 9.59. The summed E-state index contributed by atoms with van der Waals surface area (Å²) in [5.41, 5.74) is 1.96. The molecule has 0 saturated heterocycles. The van der Waals surface area contributed by atoms with E-state index in [0.29, 0.717) is 13.1 Å². The van der Waals surface area contributed by atoms with Crippen molar-refractivity contribution in [2.75, 3.05) is 13.2 Å². The van der Waals surface area contributed by atoms with Crippen molar-refractivity contribution in [2.45, 2.75) is 19.0 Å². The zero-order valence-corrected chi connectivity index (χ0v) is 11.0. The number of rotatable bonds is 7. The van der Waals surface area contributed by atoms with E-state index in [9.17, 15) is 8.78 Å². The van der Waals surface area contributed by atoms with Crippen molar-refractivity contribution in [2.24, 2.45) is 0 Å². The van der Waals surface area contributed by atoms with Crippen molar-refractivity contribution in [3.63, 3.8) is 0 Å². The first-order valence-corrected chi connectivity index (χ1v) is 6.34. The number of aliphatic hydroxyl groups is 1. The molecule has 0 aliphatic carbocycles. The van der Waals surface area contributed by atoms with Gasteiger partial charge in [0, 0.05) is 18.3 Å². The van der Waals surface area contributed by atoms with Gasteiger partial charge in [-0.05, 0) is 5.56 Å². The van der Waals surface area contributed by atoms with Crippen LogP contribution in [0.2, 0.25) is 0 Å². The van der Waals surface area contributed by atoms with Crippen LogP contribution in [0.4, 0.5) is 8.78 Å². The summed E-state index contributed by atoms with van der Waals surface area (Å²) in [5, 5.41) is 15.2. The van der Waals surface area contributed by atoms with Gasteiger partial charge in [0.1, 0.15) is 6.61 Å². The molecule has 1 heterocycles. The maximum Gasteiger partial charge on any atom is 0.282 e. The molecule has 0 atom stereocenters. The summed E-state index contributed by atoms with van der Waals surface area (Å²) >= 11 is 0. The number of hydrogen-bond donors (Lipinski definition) is 2. The smallest absolute Gasteiger partial charge is 0.282 e. The van der Waals surface area contributed by atoms with E-state index in [2.05, 4.69) is 10.4 Å². The van der Waals surface area contributed by atoms with Crippen molar-refractivity contribution in [1.29, 1.82) is 0 Å². The van der Waals surface area contributed by atoms with Gasteiger partial charge in [-0.1, -0.05) is 30.3 Å². The van der Waals surface area contributed by atoms with E-state index in [-0.39, 0.29) is 0 Å². The summed E-state index contributed by atoms with van der Waals surface area (Å²) in [6.07, 6.45) is 3.46. The lowest BCUT2D eigenvalue weighted by molar-refractivity contribution is -0.0477. The largest absolute Gasteiger partial charge is 0.390 e. The average Bonchev–Trinajstić information content (AvgIpc) is 2.87. The molecule has 0 fully saturated rings. The normalized spacial score (nSPS) is 11.8. The third kappa shape index (κ3) is 4.40. The van der Waals surface area contributed by atoms with Gasteiger partial charge in [-0.3, -0.25) is 4.68 Å². The average molecular weight is 281 g/mol. The lowest BCUT2D eigenvalue weighted by atomic mass is 10.2. The zero-order valence-electron chi connectivity index (χ0n) is 11.0. The summed E-state index contributed by atoms with van der Waals surface area (Å²) in [5.74, 6) is -3.08. The maximum atomic E-state index is 12.8. The molecule has 0 spiro atoms. The fourth-order valence-electron chi connectivity index (χ4n) is 1.80. The molecular weight excluding hydrogens is 264 g/mol. The van der Waals surface area contributed by atoms with Crippen molar-refractivity contribution in [3.05, 3.63) is 53.9 Å². The van der Waals surface area contributed by atoms with Crippen molar-refractivity contribution >= 4 is 0 Å². The third-order valence-electron chi connectivity index (χ3n) is 2.82. The van der Waals surface area contributed by atoms with E-state index >= 15 is 0 Å². The Morgan fingerprint density at radius 2 is 1.95 bits per heavy atom. The number of aromatic nitrogens is 2. The van der Waals surface area contributed by atoms with Gasteiger partial charge in [-0.2, -0.15) is 5.10 Å². The zero-order chi connectivity index (χ0) is 14.4. The molecule has 2 N–H and O–H groups in total. The second-order valence-corrected chi connectivity index (χ2v) is 4.65. The molecule has 0 radical (unpaired) electrons. The first-order valence-electron chi connectivity index (χ1n) is 6.34. The van der Waals surface area contributed by atoms with E-state index in [1.54, 1.807) is 10.9 Å². The maximum absolute atomic E-state index is 12.8. The number of nitrogens with one attached hydrogen (secondary N) is 1. The van der Waals surface area contributed by atoms with Gasteiger partial charge >= 0.3 is 0 Å². The summed E-state index contributed by atoms with van der Waals surface area (Å²) in [6.45, 7) is -0.751. The Balaban J connectivity index is 1.84. The highest BCUT2D eigenvalue weighted by molar-refractivity contribution is 5.15. The van der Waals surface area contributed by atoms with Gasteiger partial charge in [-0.25, -0.2) is 8.78 Å². The first kappa shape index (κ1) is 14.6. The molecule has 1 aromatic heterocycles. The molecule has 0 aliphatic heterocycles. The minimum Gasteiger partial charge on any atom is -0.390 e. The van der Waals surface area contributed by atoms with E-state index in [0.717, 1.165) is 11.1 Å². The number of hydrogen-bond acceptors (Lipinski definition) is 3. The monoisotopic (exact) mass is 281 g/mol. The van der Waals surface area contributed by atoms with Crippen molar-refractivity contribution < 1.29 is 13.9 Å². The molecular formula is C14H17F2N3O. The van der Waals surface area contributed by atoms with Gasteiger partial charge in [0.25, 0.3) is 5.92 Å². The van der Waals surface area contributed by atoms with E-state index in [4.69, 9.17) is 5.11 Å². The fraction of sp³-hybridized carbons (Fsp3) is 0.357. The predicted molar refractivity (Wildman–Crippen MR) is 71.5 cm³/mol. The number of aliphatic hydroxyl groups excluding tert-OH is 1. The molecule has 0 amide bonds. The standard InChI is InChI=1S/C14H17F2N3O/c15-14(16,11-20)10-17-6-13-7-18-19(9-13)8-12-4-2-1-3-5-12/h1-5,7,9,17,20H,6,8,10-11H2. The van der Waals surface area contributed by atoms with Gasteiger partial charge in [0.05, 0.1) is 19.3 Å². The quantitative estimate of drug-likeness (QED) is 0.811. The second kappa shape index (κ2) is 6.58. The van der Waals surface area contributed by atoms with Crippen LogP contribution in [-0.2, 0) is 13.1 Å². The number of halogens is 2. The Labute approximate surface area is 116 Å². The van der Waals surface area contributed by atoms with Crippen LogP contribution in [0.1, 0.15) is 11.1 Å². The molecule has 20 heavy (non-hydrogen) atoms. The summed E-state index contributed by atoms with van der Waals surface area (Å²) < 4.78 is 27.4. The minimum atomic E-state index is -3.08. The van der Waals surface area contributed by atoms with E-state index in [1.807, 2.05) is 36.5 Å². The van der Waals surface area contributed by atoms with E-state index in [1.165, 1.54) is 0 Å². The lowest BCUT2D eigenvalue weighted by Gasteiger charge is -2.13. The van der Waals surface area contributed by atoms with Crippen LogP contribution < -0.4 is 5.32 Å². The van der Waals surface area contributed by atoms with Crippen molar-refractivity contribution in [3.8, 4) is 0 Å². The Hall–Kier alpha value is -1.79. The Kier molecular flexibility index (Phi) is 4.81. The fourth-order valence-corrected chi connectivity index (χ4v) is 1.80. The molecule has 0 aliphatic rings. The van der Waals surface area contributed by atoms with Crippen LogP contribution in [0.25, 0.3) is 0 Å². The molecule has 4 nitrogen and oxygen atoms in total. The SMILES string of the molecule is OCC(F)(F)CNCc1cnn(Cc2ccccc2)c1. The number of nitrogens with zero attached hydrogens (tertiary/aromatic N) is 2. The van der Waals surface area contributed by atoms with Gasteiger partial charge in [-0.15, -0.1) is 0 Å². The highest BCUT2D eigenvalue weighted by atomic mass is 19.3. The minimum absolute atomic E-state index is 0.296. The number of alkyl halides is 2. The third-order valence-corrected chi connectivity index (χ3v) is 2.82. The van der Waals surface area contributed by atoms with Gasteiger partial charge in [0.15, 0.2) is 0 Å². The Morgan fingerprint density at radius 3 is 2.65 bits per heavy atom. The van der Waals surface area contributed by atoms with Crippen LogP contribution in [-0.4, -0.2) is 34.0 Å². The molecule has 0 bridgehead atoms. The molecule has 0 unspecified atom stereocenters. The number of benzene rings is 1. The Bertz CT molecular complexity index is 528. The molecule has 108 valence electrons. The molecule has 2 aromatic rings. The van der Waals surface area contributed by atoms with Gasteiger partial charge < -0.3 is 10.4 Å². The molecule has 0 saturated carbocycles. The molecule has 1 aromatic carbocycles. The summed E-state index contributed by atoms with van der Waals surface area (Å²) in [7, 11) is 0. The highest BCUT2D eigenvalue weighted by Crippen LogP contribution is 2.10. The van der Waals surface area contributed by atoms with E-state index < -0.39 is 19.1 Å². The molecule has 2 rings (SSSR count). The Morgan fingerprint density at radius 1 is 1.20 bits per heavy atom. The summed E-state index contributed by atoms with van der Waals surface area (Å²) in [4.78, 5) is 0. The lowest BCUT2D eigenvalue weighted by Crippen LogP contribution is -2.35. The van der Waals surface area contributed by atoms with Gasteiger partial charge in [0.2, 0.25) is 0 Å². The van der Waals surface area contributed by atoms with Crippen molar-refractivity contribution in [1.82, 2.24) is 15.1 Å². The topological polar surface area (TPSA) is 50.1 Å². The highest BCUT2D eigenvalue weighted by Gasteiger charge is 2.26. The van der Waals surface area contributed by atoms with Crippen LogP contribution in [0.3, 0.4) is 0 Å². The predicted octanol–water partition coefficient (Wildman–Crippen LogP) is 1.65. The van der Waals surface area contributed by atoms with Crippen LogP contribution in [0.15, 0.2) is 42.7 Å². The summed E-state index contributed by atoms with van der Waals surface area (Å²) in [6, 6.07) is 9.86.